The Hall–Kier alpha value is -1.44. The number of aliphatic hydroxyl groups excluding tert-OH is 1. The molecule has 0 saturated heterocycles. The van der Waals surface area contributed by atoms with Crippen LogP contribution >= 0.6 is 0 Å². The molecule has 0 aromatic heterocycles. The molecule has 0 heterocycles. The fraction of sp³-hybridized carbons (Fsp3) is 0.462. The first-order valence-corrected chi connectivity index (χ1v) is 5.73. The van der Waals surface area contributed by atoms with Crippen LogP contribution in [-0.2, 0) is 6.54 Å². The second kappa shape index (κ2) is 4.82. The minimum Gasteiger partial charge on any atom is -0.394 e. The Morgan fingerprint density at radius 1 is 1.47 bits per heavy atom. The smallest absolute Gasteiger partial charge is 0.127 e. The molecule has 17 heavy (non-hydrogen) atoms. The number of nitrogens with one attached hydrogen (secondary N) is 1. The summed E-state index contributed by atoms with van der Waals surface area (Å²) in [6.07, 6.45) is 2.93. The summed E-state index contributed by atoms with van der Waals surface area (Å²) in [7, 11) is 0. The molecule has 0 amide bonds. The first-order valence-electron chi connectivity index (χ1n) is 5.73. The van der Waals surface area contributed by atoms with Crippen LogP contribution in [0, 0.1) is 17.1 Å². The van der Waals surface area contributed by atoms with E-state index >= 15 is 0 Å². The number of nitrogens with zero attached hydrogens (tertiary/aromatic N) is 1. The van der Waals surface area contributed by atoms with E-state index in [1.54, 1.807) is 6.07 Å². The zero-order chi connectivity index (χ0) is 12.3. The maximum Gasteiger partial charge on any atom is 0.127 e. The Kier molecular flexibility index (Phi) is 3.41. The zero-order valence-corrected chi connectivity index (χ0v) is 9.54. The van der Waals surface area contributed by atoms with Gasteiger partial charge in [0, 0.05) is 17.6 Å². The predicted octanol–water partition coefficient (Wildman–Crippen LogP) is 1.70. The summed E-state index contributed by atoms with van der Waals surface area (Å²) in [5.41, 5.74) is 0.688. The molecule has 0 unspecified atom stereocenters. The average Bonchev–Trinajstić information content (AvgIpc) is 2.30. The molecule has 0 spiro atoms. The van der Waals surface area contributed by atoms with Crippen molar-refractivity contribution in [1.29, 1.82) is 5.26 Å². The molecular formula is C13H15FN2O. The van der Waals surface area contributed by atoms with Crippen molar-refractivity contribution < 1.29 is 9.50 Å². The fourth-order valence-corrected chi connectivity index (χ4v) is 2.06. The van der Waals surface area contributed by atoms with Crippen molar-refractivity contribution in [3.63, 3.8) is 0 Å². The highest BCUT2D eigenvalue weighted by Crippen LogP contribution is 2.31. The molecule has 1 aromatic carbocycles. The van der Waals surface area contributed by atoms with Crippen LogP contribution in [0.5, 0.6) is 0 Å². The number of aliphatic hydroxyl groups is 1. The Labute approximate surface area is 99.9 Å². The van der Waals surface area contributed by atoms with E-state index in [9.17, 15) is 9.50 Å². The lowest BCUT2D eigenvalue weighted by atomic mass is 9.77. The van der Waals surface area contributed by atoms with Gasteiger partial charge in [-0.1, -0.05) is 0 Å². The molecule has 1 aliphatic rings. The molecule has 1 aliphatic carbocycles. The first-order chi connectivity index (χ1) is 8.19. The van der Waals surface area contributed by atoms with Gasteiger partial charge in [0.05, 0.1) is 18.2 Å². The number of benzene rings is 1. The van der Waals surface area contributed by atoms with Gasteiger partial charge in [-0.2, -0.15) is 5.26 Å². The van der Waals surface area contributed by atoms with Gasteiger partial charge in [0.15, 0.2) is 0 Å². The normalized spacial score (nSPS) is 17.2. The minimum atomic E-state index is -0.316. The molecule has 1 fully saturated rings. The Bertz CT molecular complexity index is 444. The highest BCUT2D eigenvalue weighted by Gasteiger charge is 2.35. The van der Waals surface area contributed by atoms with Crippen LogP contribution in [0.4, 0.5) is 4.39 Å². The van der Waals surface area contributed by atoms with Crippen LogP contribution in [0.1, 0.15) is 30.4 Å². The monoisotopic (exact) mass is 234 g/mol. The number of nitriles is 1. The highest BCUT2D eigenvalue weighted by atomic mass is 19.1. The van der Waals surface area contributed by atoms with Crippen molar-refractivity contribution in [3.8, 4) is 6.07 Å². The van der Waals surface area contributed by atoms with E-state index in [2.05, 4.69) is 5.32 Å². The third-order valence-corrected chi connectivity index (χ3v) is 3.44. The molecule has 0 radical (unpaired) electrons. The van der Waals surface area contributed by atoms with Crippen LogP contribution in [0.2, 0.25) is 0 Å². The van der Waals surface area contributed by atoms with E-state index in [0.29, 0.717) is 17.7 Å². The lowest BCUT2D eigenvalue weighted by molar-refractivity contribution is 0.0869. The van der Waals surface area contributed by atoms with Crippen molar-refractivity contribution in [2.24, 2.45) is 0 Å². The van der Waals surface area contributed by atoms with E-state index in [1.807, 2.05) is 6.07 Å². The largest absolute Gasteiger partial charge is 0.394 e. The third-order valence-electron chi connectivity index (χ3n) is 3.44. The molecule has 4 heteroatoms. The number of halogens is 1. The van der Waals surface area contributed by atoms with Gasteiger partial charge in [0.1, 0.15) is 5.82 Å². The predicted molar refractivity (Wildman–Crippen MR) is 61.6 cm³/mol. The third kappa shape index (κ3) is 2.46. The standard InChI is InChI=1S/C13H15FN2O/c14-12-3-2-10(7-15)6-11(12)8-16-13(9-17)4-1-5-13/h2-3,6,16-17H,1,4-5,8-9H2. The van der Waals surface area contributed by atoms with E-state index < -0.39 is 0 Å². The van der Waals surface area contributed by atoms with Gasteiger partial charge in [-0.3, -0.25) is 0 Å². The maximum atomic E-state index is 13.5. The van der Waals surface area contributed by atoms with Gasteiger partial charge in [0.25, 0.3) is 0 Å². The van der Waals surface area contributed by atoms with Crippen molar-refractivity contribution in [1.82, 2.24) is 5.32 Å². The zero-order valence-electron chi connectivity index (χ0n) is 9.54. The van der Waals surface area contributed by atoms with Gasteiger partial charge >= 0.3 is 0 Å². The number of hydrogen-bond donors (Lipinski definition) is 2. The molecule has 1 saturated carbocycles. The topological polar surface area (TPSA) is 56.0 Å². The van der Waals surface area contributed by atoms with Gasteiger partial charge in [-0.25, -0.2) is 4.39 Å². The molecule has 2 rings (SSSR count). The van der Waals surface area contributed by atoms with Crippen LogP contribution in [-0.4, -0.2) is 17.3 Å². The van der Waals surface area contributed by atoms with Gasteiger partial charge in [0.2, 0.25) is 0 Å². The van der Waals surface area contributed by atoms with Crippen LogP contribution in [0.15, 0.2) is 18.2 Å². The summed E-state index contributed by atoms with van der Waals surface area (Å²) in [5.74, 6) is -0.316. The van der Waals surface area contributed by atoms with E-state index in [4.69, 9.17) is 5.26 Å². The fourth-order valence-electron chi connectivity index (χ4n) is 2.06. The molecule has 0 bridgehead atoms. The second-order valence-corrected chi connectivity index (χ2v) is 4.56. The lowest BCUT2D eigenvalue weighted by Crippen LogP contribution is -2.53. The van der Waals surface area contributed by atoms with Crippen molar-refractivity contribution >= 4 is 0 Å². The van der Waals surface area contributed by atoms with E-state index in [-0.39, 0.29) is 18.0 Å². The first kappa shape index (κ1) is 12.0. The van der Waals surface area contributed by atoms with Crippen LogP contribution < -0.4 is 5.32 Å². The summed E-state index contributed by atoms with van der Waals surface area (Å²) in [6, 6.07) is 6.31. The van der Waals surface area contributed by atoms with E-state index in [0.717, 1.165) is 19.3 Å². The molecular weight excluding hydrogens is 219 g/mol. The summed E-state index contributed by atoms with van der Waals surface area (Å²) in [4.78, 5) is 0. The van der Waals surface area contributed by atoms with Gasteiger partial charge < -0.3 is 10.4 Å². The highest BCUT2D eigenvalue weighted by molar-refractivity contribution is 5.33. The summed E-state index contributed by atoms with van der Waals surface area (Å²) >= 11 is 0. The van der Waals surface area contributed by atoms with E-state index in [1.165, 1.54) is 12.1 Å². The maximum absolute atomic E-state index is 13.5. The Morgan fingerprint density at radius 3 is 2.76 bits per heavy atom. The van der Waals surface area contributed by atoms with Crippen molar-refractivity contribution in [3.05, 3.63) is 35.1 Å². The quantitative estimate of drug-likeness (QED) is 0.833. The average molecular weight is 234 g/mol. The summed E-state index contributed by atoms with van der Waals surface area (Å²) < 4.78 is 13.5. The Balaban J connectivity index is 2.06. The lowest BCUT2D eigenvalue weighted by Gasteiger charge is -2.41. The molecule has 2 N–H and O–H groups in total. The molecule has 0 aliphatic heterocycles. The summed E-state index contributed by atoms with van der Waals surface area (Å²) in [5, 5.41) is 21.2. The van der Waals surface area contributed by atoms with Crippen LogP contribution in [0.3, 0.4) is 0 Å². The number of rotatable bonds is 4. The van der Waals surface area contributed by atoms with Crippen molar-refractivity contribution in [2.45, 2.75) is 31.3 Å². The van der Waals surface area contributed by atoms with Crippen molar-refractivity contribution in [2.75, 3.05) is 6.61 Å². The number of hydrogen-bond acceptors (Lipinski definition) is 3. The molecule has 90 valence electrons. The SMILES string of the molecule is N#Cc1ccc(F)c(CNC2(CO)CCC2)c1. The minimum absolute atomic E-state index is 0.0760. The van der Waals surface area contributed by atoms with Gasteiger partial charge in [-0.15, -0.1) is 0 Å². The molecule has 0 atom stereocenters. The molecule has 3 nitrogen and oxygen atoms in total. The Morgan fingerprint density at radius 2 is 2.24 bits per heavy atom. The van der Waals surface area contributed by atoms with Gasteiger partial charge in [-0.05, 0) is 37.5 Å². The second-order valence-electron chi connectivity index (χ2n) is 4.56. The molecule has 1 aromatic rings. The summed E-state index contributed by atoms with van der Waals surface area (Å²) in [6.45, 7) is 0.425. The van der Waals surface area contributed by atoms with Crippen LogP contribution in [0.25, 0.3) is 0 Å².